The van der Waals surface area contributed by atoms with E-state index >= 15 is 0 Å². The van der Waals surface area contributed by atoms with Gasteiger partial charge in [0.05, 0.1) is 34.0 Å². The zero-order chi connectivity index (χ0) is 26.3. The molecule has 0 aliphatic carbocycles. The van der Waals surface area contributed by atoms with Crippen molar-refractivity contribution >= 4 is 56.5 Å². The Labute approximate surface area is 211 Å². The van der Waals surface area contributed by atoms with E-state index < -0.39 is 22.2 Å². The average molecular weight is 528 g/mol. The van der Waals surface area contributed by atoms with E-state index in [1.165, 1.54) is 7.11 Å². The van der Waals surface area contributed by atoms with Gasteiger partial charge in [0, 0.05) is 11.5 Å². The molecule has 0 aliphatic rings. The molecule has 0 radical (unpaired) electrons. The zero-order valence-corrected chi connectivity index (χ0v) is 22.8. The van der Waals surface area contributed by atoms with Crippen LogP contribution in [0.4, 0.5) is 23.1 Å². The maximum Gasteiger partial charge on any atom is 0.231 e. The predicted octanol–water partition coefficient (Wildman–Crippen LogP) is 5.19. The van der Waals surface area contributed by atoms with E-state index in [1.807, 2.05) is 13.1 Å². The number of anilines is 4. The van der Waals surface area contributed by atoms with Crippen molar-refractivity contribution in [3.8, 4) is 5.75 Å². The van der Waals surface area contributed by atoms with Gasteiger partial charge < -0.3 is 24.9 Å². The third-order valence-electron chi connectivity index (χ3n) is 5.85. The van der Waals surface area contributed by atoms with Gasteiger partial charge in [0.1, 0.15) is 24.4 Å². The normalized spacial score (nSPS) is 12.2. The van der Waals surface area contributed by atoms with Gasteiger partial charge in [0.15, 0.2) is 9.84 Å². The lowest BCUT2D eigenvalue weighted by Gasteiger charge is -2.16. The molecular weight excluding hydrogens is 497 g/mol. The number of para-hydroxylation sites is 1. The molecule has 0 saturated heterocycles. The van der Waals surface area contributed by atoms with Crippen LogP contribution in [0.2, 0.25) is 0 Å². The number of nitrogens with one attached hydrogen (secondary N) is 3. The summed E-state index contributed by atoms with van der Waals surface area (Å²) in [7, 11) is -4.46. The molecule has 36 heavy (non-hydrogen) atoms. The first kappa shape index (κ1) is 25.7. The van der Waals surface area contributed by atoms with Gasteiger partial charge in [-0.25, -0.2) is 8.42 Å². The Balaban J connectivity index is 1.79. The van der Waals surface area contributed by atoms with Gasteiger partial charge in [-0.3, -0.25) is 0 Å². The summed E-state index contributed by atoms with van der Waals surface area (Å²) in [6, 6.07) is 12.1. The highest BCUT2D eigenvalue weighted by Gasteiger charge is 2.24. The molecule has 0 atom stereocenters. The molecule has 0 unspecified atom stereocenters. The van der Waals surface area contributed by atoms with Crippen molar-refractivity contribution in [3.05, 3.63) is 54.2 Å². The fraction of sp³-hybridized carbons (Fsp3) is 0.280. The summed E-state index contributed by atoms with van der Waals surface area (Å²) in [6.07, 6.45) is 1.82. The minimum Gasteiger partial charge on any atom is -0.495 e. The maximum absolute atomic E-state index is 13.0. The molecule has 4 rings (SSSR count). The molecule has 0 saturated carbocycles. The number of aryl methyl sites for hydroxylation is 1. The number of ether oxygens (including phenoxy) is 1. The average Bonchev–Trinajstić information content (AvgIpc) is 3.19. The van der Waals surface area contributed by atoms with Gasteiger partial charge in [-0.2, -0.15) is 9.97 Å². The number of H-pyrrole nitrogens is 1. The van der Waals surface area contributed by atoms with Crippen molar-refractivity contribution in [2.75, 3.05) is 31.1 Å². The number of aromatic amines is 1. The highest BCUT2D eigenvalue weighted by atomic mass is 32.2. The van der Waals surface area contributed by atoms with E-state index in [9.17, 15) is 13.0 Å². The largest absolute Gasteiger partial charge is 0.495 e. The van der Waals surface area contributed by atoms with Crippen LogP contribution in [0.1, 0.15) is 19.4 Å². The zero-order valence-electron chi connectivity index (χ0n) is 21.1. The van der Waals surface area contributed by atoms with E-state index in [4.69, 9.17) is 4.74 Å². The second kappa shape index (κ2) is 9.59. The Bertz CT molecular complexity index is 1590. The van der Waals surface area contributed by atoms with Crippen molar-refractivity contribution in [1.29, 1.82) is 0 Å². The Morgan fingerprint density at radius 1 is 1.03 bits per heavy atom. The van der Waals surface area contributed by atoms with Crippen LogP contribution in [0, 0.1) is 6.92 Å². The number of rotatable bonds is 8. The second-order valence-corrected chi connectivity index (χ2v) is 14.9. The number of hydrogen-bond acceptors (Lipinski definition) is 8. The van der Waals surface area contributed by atoms with Gasteiger partial charge in [0.2, 0.25) is 5.95 Å². The van der Waals surface area contributed by atoms with E-state index in [2.05, 4.69) is 25.6 Å². The molecule has 9 nitrogen and oxygen atoms in total. The fourth-order valence-corrected chi connectivity index (χ4v) is 5.84. The molecule has 0 amide bonds. The van der Waals surface area contributed by atoms with Crippen LogP contribution in [-0.4, -0.2) is 49.1 Å². The Hall–Kier alpha value is -3.36. The standard InChI is InChI=1S/C25H30N5O4PS/c1-15(2)36(32,33)21-10-8-7-9-19(21)27-24-22-16(3)14-26-23(22)29-25(30-24)28-18-12-11-17(35(5,6)31)13-20(18)34-4/h7-15H,1-6H3,(H3,26,27,28,29,30). The van der Waals surface area contributed by atoms with Crippen molar-refractivity contribution in [2.45, 2.75) is 30.9 Å². The first-order chi connectivity index (χ1) is 16.9. The number of hydrogen-bond donors (Lipinski definition) is 3. The van der Waals surface area contributed by atoms with Gasteiger partial charge in [-0.15, -0.1) is 0 Å². The third-order valence-corrected chi connectivity index (χ3v) is 9.58. The summed E-state index contributed by atoms with van der Waals surface area (Å²) >= 11 is 0. The minimum atomic E-state index is -3.53. The van der Waals surface area contributed by atoms with Gasteiger partial charge in [0.25, 0.3) is 0 Å². The second-order valence-electron chi connectivity index (χ2n) is 9.17. The molecule has 11 heteroatoms. The number of fused-ring (bicyclic) bond motifs is 1. The molecule has 2 heterocycles. The van der Waals surface area contributed by atoms with Crippen LogP contribution in [0.3, 0.4) is 0 Å². The summed E-state index contributed by atoms with van der Waals surface area (Å²) in [5.41, 5.74) is 2.53. The minimum absolute atomic E-state index is 0.204. The highest BCUT2D eigenvalue weighted by molar-refractivity contribution is 7.92. The van der Waals surface area contributed by atoms with Crippen LogP contribution >= 0.6 is 7.14 Å². The maximum atomic E-state index is 13.0. The van der Waals surface area contributed by atoms with Crippen LogP contribution in [0.15, 0.2) is 53.6 Å². The lowest BCUT2D eigenvalue weighted by atomic mass is 10.2. The Morgan fingerprint density at radius 2 is 1.75 bits per heavy atom. The first-order valence-corrected chi connectivity index (χ1v) is 15.5. The van der Waals surface area contributed by atoms with Crippen molar-refractivity contribution < 1.29 is 17.7 Å². The van der Waals surface area contributed by atoms with Crippen molar-refractivity contribution in [1.82, 2.24) is 15.0 Å². The molecule has 0 aliphatic heterocycles. The molecule has 2 aromatic carbocycles. The summed E-state index contributed by atoms with van der Waals surface area (Å²) in [5.74, 6) is 1.24. The first-order valence-electron chi connectivity index (χ1n) is 11.4. The van der Waals surface area contributed by atoms with Crippen LogP contribution in [-0.2, 0) is 14.4 Å². The Kier molecular flexibility index (Phi) is 6.86. The molecule has 190 valence electrons. The molecule has 4 aromatic rings. The lowest BCUT2D eigenvalue weighted by molar-refractivity contribution is 0.417. The summed E-state index contributed by atoms with van der Waals surface area (Å²) in [5, 5.41) is 7.28. The topological polar surface area (TPSA) is 126 Å². The van der Waals surface area contributed by atoms with Crippen molar-refractivity contribution in [3.63, 3.8) is 0 Å². The van der Waals surface area contributed by atoms with Crippen LogP contribution in [0.5, 0.6) is 5.75 Å². The Morgan fingerprint density at radius 3 is 2.42 bits per heavy atom. The van der Waals surface area contributed by atoms with E-state index in [1.54, 1.807) is 69.6 Å². The number of aromatic nitrogens is 3. The number of benzene rings is 2. The molecule has 2 aromatic heterocycles. The van der Waals surface area contributed by atoms with Gasteiger partial charge >= 0.3 is 0 Å². The van der Waals surface area contributed by atoms with Crippen LogP contribution in [0.25, 0.3) is 11.0 Å². The monoisotopic (exact) mass is 527 g/mol. The summed E-state index contributed by atoms with van der Waals surface area (Å²) in [4.78, 5) is 12.6. The van der Waals surface area contributed by atoms with E-state index in [-0.39, 0.29) is 10.8 Å². The molecule has 3 N–H and O–H groups in total. The molecule has 0 fully saturated rings. The third kappa shape index (κ3) is 4.96. The lowest BCUT2D eigenvalue weighted by Crippen LogP contribution is -2.15. The fourth-order valence-electron chi connectivity index (χ4n) is 3.77. The molecule has 0 bridgehead atoms. The smallest absolute Gasteiger partial charge is 0.231 e. The van der Waals surface area contributed by atoms with Gasteiger partial charge in [-0.1, -0.05) is 12.1 Å². The number of methoxy groups -OCH3 is 1. The highest BCUT2D eigenvalue weighted by Crippen LogP contribution is 2.38. The number of nitrogens with zero attached hydrogens (tertiary/aromatic N) is 2. The van der Waals surface area contributed by atoms with Crippen molar-refractivity contribution in [2.24, 2.45) is 0 Å². The summed E-state index contributed by atoms with van der Waals surface area (Å²) < 4.78 is 44.0. The number of sulfone groups is 1. The predicted molar refractivity (Wildman–Crippen MR) is 146 cm³/mol. The van der Waals surface area contributed by atoms with Gasteiger partial charge in [-0.05, 0) is 70.0 Å². The quantitative estimate of drug-likeness (QED) is 0.267. The molecule has 0 spiro atoms. The van der Waals surface area contributed by atoms with Crippen LogP contribution < -0.4 is 20.7 Å². The summed E-state index contributed by atoms with van der Waals surface area (Å²) in [6.45, 7) is 8.64. The van der Waals surface area contributed by atoms with E-state index in [0.29, 0.717) is 33.9 Å². The molecular formula is C25H30N5O4PS. The van der Waals surface area contributed by atoms with E-state index in [0.717, 1.165) is 10.9 Å². The SMILES string of the molecule is COc1cc(P(C)(C)=O)ccc1Nc1nc(Nc2ccccc2S(=O)(=O)C(C)C)c2c(C)c[nH]c2n1.